The number of hydrogen-bond acceptors (Lipinski definition) is 3. The van der Waals surface area contributed by atoms with E-state index in [1.165, 1.54) is 0 Å². The maximum Gasteiger partial charge on any atom is 0.211 e. The van der Waals surface area contributed by atoms with Crippen molar-refractivity contribution in [3.05, 3.63) is 0 Å². The van der Waals surface area contributed by atoms with Gasteiger partial charge in [-0.05, 0) is 43.1 Å². The van der Waals surface area contributed by atoms with Gasteiger partial charge in [0.2, 0.25) is 10.0 Å². The van der Waals surface area contributed by atoms with Crippen LogP contribution in [0.25, 0.3) is 0 Å². The van der Waals surface area contributed by atoms with Crippen LogP contribution in [0.3, 0.4) is 0 Å². The van der Waals surface area contributed by atoms with Gasteiger partial charge in [-0.2, -0.15) is 0 Å². The van der Waals surface area contributed by atoms with E-state index in [0.29, 0.717) is 13.0 Å². The van der Waals surface area contributed by atoms with E-state index in [9.17, 15) is 8.42 Å². The van der Waals surface area contributed by atoms with Crippen molar-refractivity contribution in [3.63, 3.8) is 0 Å². The van der Waals surface area contributed by atoms with Crippen molar-refractivity contribution in [2.75, 3.05) is 12.3 Å². The summed E-state index contributed by atoms with van der Waals surface area (Å²) in [6.07, 6.45) is 3.49. The lowest BCUT2D eigenvalue weighted by molar-refractivity contribution is 0.0934. The molecule has 0 radical (unpaired) electrons. The van der Waals surface area contributed by atoms with Gasteiger partial charge in [-0.3, -0.25) is 0 Å². The zero-order valence-corrected chi connectivity index (χ0v) is 12.9. The smallest absolute Gasteiger partial charge is 0.211 e. The highest BCUT2D eigenvalue weighted by molar-refractivity contribution is 7.89. The molecule has 1 rings (SSSR count). The number of sulfonamides is 1. The Bertz CT molecular complexity index is 358. The summed E-state index contributed by atoms with van der Waals surface area (Å²) in [7, 11) is -3.17. The van der Waals surface area contributed by atoms with E-state index >= 15 is 0 Å². The predicted molar refractivity (Wildman–Crippen MR) is 75.8 cm³/mol. The Morgan fingerprint density at radius 2 is 1.67 bits per heavy atom. The third-order valence-electron chi connectivity index (χ3n) is 3.52. The van der Waals surface area contributed by atoms with Gasteiger partial charge < -0.3 is 5.73 Å². The summed E-state index contributed by atoms with van der Waals surface area (Å²) in [5.41, 5.74) is 5.76. The molecule has 0 heterocycles. The Balaban J connectivity index is 2.67. The minimum Gasteiger partial charge on any atom is -0.330 e. The van der Waals surface area contributed by atoms with E-state index in [2.05, 4.69) is 32.4 Å². The lowest BCUT2D eigenvalue weighted by atomic mass is 9.64. The molecular formula is C13H28N2O2S. The van der Waals surface area contributed by atoms with Crippen molar-refractivity contribution in [2.45, 2.75) is 59.4 Å². The summed E-state index contributed by atoms with van der Waals surface area (Å²) in [6, 6.07) is 0.0616. The van der Waals surface area contributed by atoms with Crippen LogP contribution >= 0.6 is 0 Å². The molecule has 1 aliphatic rings. The van der Waals surface area contributed by atoms with Crippen LogP contribution in [-0.2, 0) is 10.0 Å². The lowest BCUT2D eigenvalue weighted by Crippen LogP contribution is -2.46. The molecule has 0 aromatic heterocycles. The molecule has 0 unspecified atom stereocenters. The average molecular weight is 276 g/mol. The van der Waals surface area contributed by atoms with Gasteiger partial charge in [-0.25, -0.2) is 13.1 Å². The lowest BCUT2D eigenvalue weighted by Gasteiger charge is -2.45. The fraction of sp³-hybridized carbons (Fsp3) is 1.00. The van der Waals surface area contributed by atoms with E-state index in [1.54, 1.807) is 0 Å². The minimum absolute atomic E-state index is 0.0616. The molecule has 0 saturated heterocycles. The van der Waals surface area contributed by atoms with Gasteiger partial charge in [-0.15, -0.1) is 0 Å². The molecule has 5 heteroatoms. The third kappa shape index (κ3) is 5.24. The first-order valence-electron chi connectivity index (χ1n) is 6.75. The molecule has 1 aliphatic carbocycles. The van der Waals surface area contributed by atoms with Crippen LogP contribution in [0, 0.1) is 10.8 Å². The minimum atomic E-state index is -3.17. The van der Waals surface area contributed by atoms with Crippen LogP contribution in [-0.4, -0.2) is 26.8 Å². The Hall–Kier alpha value is -0.130. The molecule has 3 N–H and O–H groups in total. The molecule has 0 spiro atoms. The van der Waals surface area contributed by atoms with Crippen LogP contribution in [0.15, 0.2) is 0 Å². The van der Waals surface area contributed by atoms with Gasteiger partial charge in [0, 0.05) is 6.04 Å². The first-order chi connectivity index (χ1) is 8.05. The van der Waals surface area contributed by atoms with Crippen LogP contribution in [0.4, 0.5) is 0 Å². The molecule has 0 atom stereocenters. The van der Waals surface area contributed by atoms with Crippen LogP contribution in [0.1, 0.15) is 53.4 Å². The molecule has 4 nitrogen and oxygen atoms in total. The summed E-state index contributed by atoms with van der Waals surface area (Å²) >= 11 is 0. The van der Waals surface area contributed by atoms with E-state index in [0.717, 1.165) is 19.3 Å². The molecule has 0 amide bonds. The largest absolute Gasteiger partial charge is 0.330 e. The van der Waals surface area contributed by atoms with E-state index in [4.69, 9.17) is 5.73 Å². The second-order valence-electron chi connectivity index (χ2n) is 7.19. The maximum atomic E-state index is 11.9. The number of nitrogens with one attached hydrogen (secondary N) is 1. The van der Waals surface area contributed by atoms with Crippen LogP contribution < -0.4 is 10.5 Å². The van der Waals surface area contributed by atoms with E-state index in [1.807, 2.05) is 0 Å². The first-order valence-corrected chi connectivity index (χ1v) is 8.41. The van der Waals surface area contributed by atoms with Crippen molar-refractivity contribution in [1.29, 1.82) is 0 Å². The van der Waals surface area contributed by atoms with Crippen molar-refractivity contribution in [3.8, 4) is 0 Å². The first kappa shape index (κ1) is 15.9. The zero-order valence-electron chi connectivity index (χ0n) is 12.1. The Morgan fingerprint density at radius 1 is 1.17 bits per heavy atom. The third-order valence-corrected chi connectivity index (χ3v) is 5.04. The molecule has 18 heavy (non-hydrogen) atoms. The molecule has 0 aromatic carbocycles. The summed E-state index contributed by atoms with van der Waals surface area (Å²) < 4.78 is 26.7. The van der Waals surface area contributed by atoms with Gasteiger partial charge in [0.15, 0.2) is 0 Å². The van der Waals surface area contributed by atoms with Gasteiger partial charge >= 0.3 is 0 Å². The van der Waals surface area contributed by atoms with Crippen molar-refractivity contribution in [1.82, 2.24) is 4.72 Å². The van der Waals surface area contributed by atoms with Crippen LogP contribution in [0.2, 0.25) is 0 Å². The monoisotopic (exact) mass is 276 g/mol. The fourth-order valence-corrected chi connectivity index (χ4v) is 4.85. The van der Waals surface area contributed by atoms with Gasteiger partial charge in [-0.1, -0.05) is 27.7 Å². The highest BCUT2D eigenvalue weighted by Gasteiger charge is 2.39. The Labute approximate surface area is 112 Å². The Morgan fingerprint density at radius 3 is 2.11 bits per heavy atom. The zero-order chi connectivity index (χ0) is 14.0. The molecule has 0 aliphatic heterocycles. The van der Waals surface area contributed by atoms with Crippen molar-refractivity contribution >= 4 is 10.0 Å². The molecule has 0 aromatic rings. The highest BCUT2D eigenvalue weighted by Crippen LogP contribution is 2.45. The summed E-state index contributed by atoms with van der Waals surface area (Å²) in [4.78, 5) is 0. The summed E-state index contributed by atoms with van der Waals surface area (Å²) in [5.74, 6) is 0.140. The van der Waals surface area contributed by atoms with Gasteiger partial charge in [0.25, 0.3) is 0 Å². The van der Waals surface area contributed by atoms with Crippen molar-refractivity contribution < 1.29 is 8.42 Å². The molecular weight excluding hydrogens is 248 g/mol. The number of rotatable bonds is 5. The topological polar surface area (TPSA) is 72.2 Å². The SMILES string of the molecule is CC1(C)CC(NS(=O)(=O)CCCN)CC(C)(C)C1. The molecule has 1 saturated carbocycles. The standard InChI is InChI=1S/C13H28N2O2S/c1-12(2)8-11(9-13(3,4)10-12)15-18(16,17)7-5-6-14/h11,15H,5-10,14H2,1-4H3. The van der Waals surface area contributed by atoms with E-state index in [-0.39, 0.29) is 22.6 Å². The van der Waals surface area contributed by atoms with Gasteiger partial charge in [0.1, 0.15) is 0 Å². The Kier molecular flexibility index (Phi) is 4.84. The molecule has 1 fully saturated rings. The average Bonchev–Trinajstić information content (AvgIpc) is 2.08. The summed E-state index contributed by atoms with van der Waals surface area (Å²) in [6.45, 7) is 9.29. The van der Waals surface area contributed by atoms with Crippen LogP contribution in [0.5, 0.6) is 0 Å². The maximum absolute atomic E-state index is 11.9. The normalized spacial score (nSPS) is 24.1. The molecule has 0 bridgehead atoms. The van der Waals surface area contributed by atoms with Gasteiger partial charge in [0.05, 0.1) is 5.75 Å². The highest BCUT2D eigenvalue weighted by atomic mass is 32.2. The second-order valence-corrected chi connectivity index (χ2v) is 9.06. The van der Waals surface area contributed by atoms with E-state index < -0.39 is 10.0 Å². The summed E-state index contributed by atoms with van der Waals surface area (Å²) in [5, 5.41) is 0. The predicted octanol–water partition coefficient (Wildman–Crippen LogP) is 1.86. The molecule has 108 valence electrons. The second kappa shape index (κ2) is 5.47. The number of nitrogens with two attached hydrogens (primary N) is 1. The van der Waals surface area contributed by atoms with Crippen molar-refractivity contribution in [2.24, 2.45) is 16.6 Å². The fourth-order valence-electron chi connectivity index (χ4n) is 3.52. The number of hydrogen-bond donors (Lipinski definition) is 2. The quantitative estimate of drug-likeness (QED) is 0.805.